The highest BCUT2D eigenvalue weighted by Gasteiger charge is 2.14. The number of nitrogens with one attached hydrogen (secondary N) is 2. The van der Waals surface area contributed by atoms with Crippen molar-refractivity contribution in [3.63, 3.8) is 0 Å². The summed E-state index contributed by atoms with van der Waals surface area (Å²) < 4.78 is 5.11. The van der Waals surface area contributed by atoms with Crippen LogP contribution in [0.15, 0.2) is 29.3 Å². The number of benzene rings is 1. The second kappa shape index (κ2) is 13.5. The minimum atomic E-state index is 0.824. The van der Waals surface area contributed by atoms with Gasteiger partial charge in [-0.2, -0.15) is 0 Å². The van der Waals surface area contributed by atoms with Gasteiger partial charge in [-0.1, -0.05) is 24.3 Å². The van der Waals surface area contributed by atoms with Gasteiger partial charge in [0.2, 0.25) is 0 Å². The molecule has 1 aromatic rings. The van der Waals surface area contributed by atoms with Gasteiger partial charge in [-0.25, -0.2) is 0 Å². The number of nitrogens with zero attached hydrogens (tertiary/aromatic N) is 3. The summed E-state index contributed by atoms with van der Waals surface area (Å²) in [6, 6.07) is 8.82. The van der Waals surface area contributed by atoms with Gasteiger partial charge in [-0.15, -0.1) is 0 Å². The van der Waals surface area contributed by atoms with E-state index in [0.717, 1.165) is 77.8 Å². The van der Waals surface area contributed by atoms with Crippen LogP contribution in [0.4, 0.5) is 0 Å². The summed E-state index contributed by atoms with van der Waals surface area (Å²) in [7, 11) is 3.91. The minimum absolute atomic E-state index is 0.824. The van der Waals surface area contributed by atoms with Crippen molar-refractivity contribution in [2.45, 2.75) is 32.7 Å². The average Bonchev–Trinajstić information content (AvgIpc) is 2.71. The van der Waals surface area contributed by atoms with E-state index in [2.05, 4.69) is 58.7 Å². The highest BCUT2D eigenvalue weighted by atomic mass is 16.5. The molecule has 0 aromatic heterocycles. The summed E-state index contributed by atoms with van der Waals surface area (Å²) in [5, 5.41) is 6.79. The fourth-order valence-electron chi connectivity index (χ4n) is 3.53. The number of fused-ring (bicyclic) bond motifs is 1. The molecule has 1 aromatic carbocycles. The normalized spacial score (nSPS) is 14.9. The number of aliphatic imine (C=N–C) groups is 1. The lowest BCUT2D eigenvalue weighted by molar-refractivity contribution is 0.180. The van der Waals surface area contributed by atoms with Crippen molar-refractivity contribution in [2.24, 2.45) is 4.99 Å². The second-order valence-electron chi connectivity index (χ2n) is 7.49. The van der Waals surface area contributed by atoms with Crippen LogP contribution in [0.3, 0.4) is 0 Å². The Morgan fingerprint density at radius 2 is 2.00 bits per heavy atom. The number of guanidine groups is 1. The molecule has 0 atom stereocenters. The van der Waals surface area contributed by atoms with Crippen LogP contribution >= 0.6 is 0 Å². The summed E-state index contributed by atoms with van der Waals surface area (Å²) in [6.45, 7) is 11.0. The zero-order chi connectivity index (χ0) is 20.0. The largest absolute Gasteiger partial charge is 0.385 e. The van der Waals surface area contributed by atoms with E-state index in [-0.39, 0.29) is 0 Å². The average molecular weight is 390 g/mol. The first kappa shape index (κ1) is 22.7. The molecule has 0 bridgehead atoms. The molecule has 0 aliphatic carbocycles. The van der Waals surface area contributed by atoms with Crippen molar-refractivity contribution in [3.05, 3.63) is 35.4 Å². The molecule has 6 nitrogen and oxygen atoms in total. The lowest BCUT2D eigenvalue weighted by atomic mass is 10.00. The molecule has 2 rings (SSSR count). The maximum atomic E-state index is 5.11. The van der Waals surface area contributed by atoms with Gasteiger partial charge in [0.25, 0.3) is 0 Å². The van der Waals surface area contributed by atoms with Gasteiger partial charge in [-0.3, -0.25) is 9.89 Å². The van der Waals surface area contributed by atoms with E-state index < -0.39 is 0 Å². The van der Waals surface area contributed by atoms with Crippen molar-refractivity contribution in [3.8, 4) is 0 Å². The topological polar surface area (TPSA) is 52.1 Å². The summed E-state index contributed by atoms with van der Waals surface area (Å²) in [5.41, 5.74) is 3.00. The van der Waals surface area contributed by atoms with Gasteiger partial charge in [0, 0.05) is 66.1 Å². The fourth-order valence-corrected chi connectivity index (χ4v) is 3.53. The first-order valence-corrected chi connectivity index (χ1v) is 10.7. The van der Waals surface area contributed by atoms with Crippen LogP contribution in [0.2, 0.25) is 0 Å². The van der Waals surface area contributed by atoms with Gasteiger partial charge < -0.3 is 20.3 Å². The van der Waals surface area contributed by atoms with Gasteiger partial charge in [0.15, 0.2) is 5.96 Å². The molecule has 2 N–H and O–H groups in total. The van der Waals surface area contributed by atoms with Crippen LogP contribution in [0, 0.1) is 0 Å². The molecular formula is C22H39N5O. The number of likely N-dealkylation sites (N-methyl/N-ethyl adjacent to an activating group) is 1. The van der Waals surface area contributed by atoms with Crippen LogP contribution in [0.5, 0.6) is 0 Å². The Morgan fingerprint density at radius 3 is 2.79 bits per heavy atom. The van der Waals surface area contributed by atoms with E-state index >= 15 is 0 Å². The Hall–Kier alpha value is -1.63. The van der Waals surface area contributed by atoms with Crippen molar-refractivity contribution < 1.29 is 4.74 Å². The Kier molecular flexibility index (Phi) is 10.9. The van der Waals surface area contributed by atoms with Crippen molar-refractivity contribution in [1.82, 2.24) is 20.4 Å². The maximum Gasteiger partial charge on any atom is 0.191 e. The molecule has 1 heterocycles. The predicted molar refractivity (Wildman–Crippen MR) is 118 cm³/mol. The summed E-state index contributed by atoms with van der Waals surface area (Å²) in [4.78, 5) is 9.62. The monoisotopic (exact) mass is 389 g/mol. The fraction of sp³-hybridized carbons (Fsp3) is 0.682. The van der Waals surface area contributed by atoms with Crippen molar-refractivity contribution >= 4 is 5.96 Å². The molecule has 0 fully saturated rings. The number of methoxy groups -OCH3 is 1. The summed E-state index contributed by atoms with van der Waals surface area (Å²) in [5.74, 6) is 0.928. The molecule has 28 heavy (non-hydrogen) atoms. The molecule has 158 valence electrons. The molecule has 6 heteroatoms. The number of hydrogen-bond donors (Lipinski definition) is 2. The quantitative estimate of drug-likeness (QED) is 0.325. The molecule has 0 amide bonds. The molecule has 0 spiro atoms. The van der Waals surface area contributed by atoms with Crippen molar-refractivity contribution in [1.29, 1.82) is 0 Å². The van der Waals surface area contributed by atoms with E-state index in [1.807, 2.05) is 0 Å². The van der Waals surface area contributed by atoms with Crippen LogP contribution in [0.1, 0.15) is 30.9 Å². The molecule has 0 saturated heterocycles. The molecule has 0 unspecified atom stereocenters. The maximum absolute atomic E-state index is 5.11. The lowest BCUT2D eigenvalue weighted by Gasteiger charge is -2.28. The van der Waals surface area contributed by atoms with Gasteiger partial charge in [-0.05, 0) is 44.4 Å². The Bertz CT molecular complexity index is 578. The second-order valence-corrected chi connectivity index (χ2v) is 7.49. The highest BCUT2D eigenvalue weighted by Crippen LogP contribution is 2.18. The molecular weight excluding hydrogens is 350 g/mol. The predicted octanol–water partition coefficient (Wildman–Crippen LogP) is 1.96. The van der Waals surface area contributed by atoms with Crippen LogP contribution in [-0.2, 0) is 17.7 Å². The molecule has 0 saturated carbocycles. The Balaban J connectivity index is 1.64. The van der Waals surface area contributed by atoms with Crippen LogP contribution in [0.25, 0.3) is 0 Å². The van der Waals surface area contributed by atoms with E-state index in [4.69, 9.17) is 9.73 Å². The summed E-state index contributed by atoms with van der Waals surface area (Å²) >= 11 is 0. The van der Waals surface area contributed by atoms with Crippen LogP contribution < -0.4 is 10.6 Å². The van der Waals surface area contributed by atoms with E-state index in [1.54, 1.807) is 7.11 Å². The van der Waals surface area contributed by atoms with E-state index in [0.29, 0.717) is 0 Å². The first-order chi connectivity index (χ1) is 13.7. The van der Waals surface area contributed by atoms with Crippen LogP contribution in [-0.4, -0.2) is 82.3 Å². The minimum Gasteiger partial charge on any atom is -0.385 e. The molecule has 1 aliphatic rings. The van der Waals surface area contributed by atoms with Crippen molar-refractivity contribution in [2.75, 3.05) is 66.6 Å². The van der Waals surface area contributed by atoms with Gasteiger partial charge in [0.1, 0.15) is 0 Å². The van der Waals surface area contributed by atoms with E-state index in [9.17, 15) is 0 Å². The smallest absolute Gasteiger partial charge is 0.191 e. The van der Waals surface area contributed by atoms with Gasteiger partial charge >= 0.3 is 0 Å². The Labute approximate surface area is 171 Å². The Morgan fingerprint density at radius 1 is 1.18 bits per heavy atom. The number of ether oxygens (including phenoxy) is 1. The molecule has 0 radical (unpaired) electrons. The summed E-state index contributed by atoms with van der Waals surface area (Å²) in [6.07, 6.45) is 3.33. The first-order valence-electron chi connectivity index (χ1n) is 10.7. The highest BCUT2D eigenvalue weighted by molar-refractivity contribution is 5.79. The van der Waals surface area contributed by atoms with Gasteiger partial charge in [0.05, 0.1) is 0 Å². The number of hydrogen-bond acceptors (Lipinski definition) is 4. The molecule has 1 aliphatic heterocycles. The number of rotatable bonds is 12. The SMILES string of the molecule is CCNC(=NCCCN1CCc2ccccc2C1)NCCN(C)CCCOC. The zero-order valence-electron chi connectivity index (χ0n) is 18.0. The standard InChI is InChI=1S/C22H39N5O/c1-4-23-22(25-13-17-26(2)14-8-18-28-3)24-12-7-15-27-16-11-20-9-5-6-10-21(20)19-27/h5-6,9-10H,4,7-8,11-19H2,1-3H3,(H2,23,24,25). The lowest BCUT2D eigenvalue weighted by Crippen LogP contribution is -2.41. The third-order valence-corrected chi connectivity index (χ3v) is 5.13. The van der Waals surface area contributed by atoms with E-state index in [1.165, 1.54) is 17.5 Å². The third kappa shape index (κ3) is 8.59. The zero-order valence-corrected chi connectivity index (χ0v) is 18.0. The third-order valence-electron chi connectivity index (χ3n) is 5.13.